The van der Waals surface area contributed by atoms with Crippen LogP contribution in [0.1, 0.15) is 6.23 Å². The topological polar surface area (TPSA) is 129 Å². The van der Waals surface area contributed by atoms with Gasteiger partial charge in [-0.05, 0) is 6.26 Å². The van der Waals surface area contributed by atoms with Gasteiger partial charge in [-0.2, -0.15) is 0 Å². The quantitative estimate of drug-likeness (QED) is 0.614. The second kappa shape index (κ2) is 6.34. The lowest BCUT2D eigenvalue weighted by molar-refractivity contribution is -0.0607. The van der Waals surface area contributed by atoms with E-state index in [0.29, 0.717) is 17.1 Å². The number of thioether (sulfide) groups is 1. The maximum absolute atomic E-state index is 10.3. The third kappa shape index (κ3) is 2.52. The van der Waals surface area contributed by atoms with Gasteiger partial charge in [-0.25, -0.2) is 15.0 Å². The lowest BCUT2D eigenvalue weighted by atomic mass is 10.1. The van der Waals surface area contributed by atoms with Crippen LogP contribution in [0.25, 0.3) is 11.2 Å². The number of fused-ring (bicyclic) bond motifs is 1. The van der Waals surface area contributed by atoms with Crippen molar-refractivity contribution < 1.29 is 19.7 Å². The van der Waals surface area contributed by atoms with Crippen LogP contribution in [0.15, 0.2) is 12.7 Å². The van der Waals surface area contributed by atoms with E-state index in [-0.39, 0.29) is 12.4 Å². The average Bonchev–Trinajstić information content (AvgIpc) is 3.07. The molecule has 0 amide bonds. The van der Waals surface area contributed by atoms with Gasteiger partial charge in [-0.3, -0.25) is 4.57 Å². The lowest BCUT2D eigenvalue weighted by Gasteiger charge is -2.21. The number of nitrogens with two attached hydrogens (primary N) is 1. The molecule has 0 radical (unpaired) electrons. The molecule has 0 bridgehead atoms. The minimum Gasteiger partial charge on any atom is -0.394 e. The second-order valence-corrected chi connectivity index (χ2v) is 5.67. The highest BCUT2D eigenvalue weighted by Gasteiger charge is 2.45. The van der Waals surface area contributed by atoms with E-state index in [1.165, 1.54) is 24.4 Å². The number of ether oxygens (including phenoxy) is 2. The molecule has 2 aromatic heterocycles. The molecule has 120 valence electrons. The van der Waals surface area contributed by atoms with E-state index >= 15 is 0 Å². The standard InChI is InChI=1S/C12H17N5O4S/c1-22-5-20-9-8(19)6(2-18)21-12(9)17-4-16-7-10(13)14-3-15-11(7)17/h3-4,6,8-9,12,18-19H,2,5H2,1H3,(H2,13,14,15)/t6-,8-,9-,12-/m1/s1. The fourth-order valence-electron chi connectivity index (χ4n) is 2.48. The van der Waals surface area contributed by atoms with Crippen molar-refractivity contribution in [1.82, 2.24) is 19.5 Å². The molecule has 4 N–H and O–H groups in total. The van der Waals surface area contributed by atoms with Crippen LogP contribution in [0.2, 0.25) is 0 Å². The fraction of sp³-hybridized carbons (Fsp3) is 0.583. The Morgan fingerprint density at radius 2 is 2.27 bits per heavy atom. The van der Waals surface area contributed by atoms with E-state index in [9.17, 15) is 10.2 Å². The highest BCUT2D eigenvalue weighted by atomic mass is 32.2. The van der Waals surface area contributed by atoms with Crippen LogP contribution in [-0.4, -0.2) is 66.8 Å². The van der Waals surface area contributed by atoms with E-state index in [1.54, 1.807) is 4.57 Å². The highest BCUT2D eigenvalue weighted by Crippen LogP contribution is 2.34. The number of anilines is 1. The third-order valence-corrected chi connectivity index (χ3v) is 3.90. The van der Waals surface area contributed by atoms with Crippen molar-refractivity contribution in [2.75, 3.05) is 24.5 Å². The molecule has 0 aromatic carbocycles. The van der Waals surface area contributed by atoms with Crippen molar-refractivity contribution in [3.8, 4) is 0 Å². The summed E-state index contributed by atoms with van der Waals surface area (Å²) in [6.07, 6.45) is 1.77. The third-order valence-electron chi connectivity index (χ3n) is 3.53. The number of aromatic nitrogens is 4. The number of nitrogens with zero attached hydrogens (tertiary/aromatic N) is 4. The summed E-state index contributed by atoms with van der Waals surface area (Å²) in [7, 11) is 0. The Morgan fingerprint density at radius 3 is 3.00 bits per heavy atom. The zero-order valence-corrected chi connectivity index (χ0v) is 12.7. The zero-order chi connectivity index (χ0) is 15.7. The van der Waals surface area contributed by atoms with Crippen LogP contribution in [0, 0.1) is 0 Å². The van der Waals surface area contributed by atoms with Gasteiger partial charge in [0.25, 0.3) is 0 Å². The first-order valence-electron chi connectivity index (χ1n) is 6.65. The van der Waals surface area contributed by atoms with Gasteiger partial charge in [0.05, 0.1) is 18.9 Å². The molecule has 0 aliphatic carbocycles. The molecule has 0 saturated carbocycles. The molecule has 3 rings (SSSR count). The number of hydrogen-bond donors (Lipinski definition) is 3. The van der Waals surface area contributed by atoms with Crippen molar-refractivity contribution >= 4 is 28.7 Å². The van der Waals surface area contributed by atoms with Gasteiger partial charge in [0, 0.05) is 0 Å². The highest BCUT2D eigenvalue weighted by molar-refractivity contribution is 7.98. The molecule has 1 saturated heterocycles. The lowest BCUT2D eigenvalue weighted by Crippen LogP contribution is -2.35. The molecule has 1 aliphatic rings. The first-order valence-corrected chi connectivity index (χ1v) is 8.04. The number of aliphatic hydroxyl groups is 2. The van der Waals surface area contributed by atoms with E-state index < -0.39 is 24.5 Å². The van der Waals surface area contributed by atoms with E-state index in [0.717, 1.165) is 0 Å². The maximum Gasteiger partial charge on any atom is 0.167 e. The van der Waals surface area contributed by atoms with Crippen LogP contribution >= 0.6 is 11.8 Å². The zero-order valence-electron chi connectivity index (χ0n) is 11.9. The van der Waals surface area contributed by atoms with Crippen LogP contribution in [0.4, 0.5) is 5.82 Å². The van der Waals surface area contributed by atoms with Crippen LogP contribution in [0.5, 0.6) is 0 Å². The Morgan fingerprint density at radius 1 is 1.45 bits per heavy atom. The van der Waals surface area contributed by atoms with E-state index in [2.05, 4.69) is 15.0 Å². The molecule has 2 aromatic rings. The minimum atomic E-state index is -0.946. The summed E-state index contributed by atoms with van der Waals surface area (Å²) in [5.74, 6) is 0.659. The Hall–Kier alpha value is -1.46. The number of aliphatic hydroxyl groups excluding tert-OH is 2. The molecule has 10 heteroatoms. The second-order valence-electron chi connectivity index (χ2n) is 4.86. The molecular formula is C12H17N5O4S. The molecule has 0 spiro atoms. The smallest absolute Gasteiger partial charge is 0.167 e. The maximum atomic E-state index is 10.3. The molecule has 1 aliphatic heterocycles. The summed E-state index contributed by atoms with van der Waals surface area (Å²) in [5, 5.41) is 19.6. The van der Waals surface area contributed by atoms with Crippen molar-refractivity contribution in [3.05, 3.63) is 12.7 Å². The SMILES string of the molecule is CSCO[C@@H]1[C@H](O)[C@@H](CO)O[C@H]1n1cnc2c(N)ncnc21. The predicted molar refractivity (Wildman–Crippen MR) is 80.0 cm³/mol. The summed E-state index contributed by atoms with van der Waals surface area (Å²) in [6.45, 7) is -0.305. The Labute approximate surface area is 130 Å². The summed E-state index contributed by atoms with van der Waals surface area (Å²) < 4.78 is 13.0. The van der Waals surface area contributed by atoms with E-state index in [4.69, 9.17) is 15.2 Å². The molecule has 1 fully saturated rings. The first-order chi connectivity index (χ1) is 10.7. The summed E-state index contributed by atoms with van der Waals surface area (Å²) in [6, 6.07) is 0. The van der Waals surface area contributed by atoms with Crippen molar-refractivity contribution in [3.63, 3.8) is 0 Å². The van der Waals surface area contributed by atoms with E-state index in [1.807, 2.05) is 6.26 Å². The number of hydrogen-bond acceptors (Lipinski definition) is 9. The summed E-state index contributed by atoms with van der Waals surface area (Å²) in [4.78, 5) is 12.2. The average molecular weight is 327 g/mol. The van der Waals surface area contributed by atoms with Gasteiger partial charge in [0.2, 0.25) is 0 Å². The summed E-state index contributed by atoms with van der Waals surface area (Å²) >= 11 is 1.48. The van der Waals surface area contributed by atoms with Gasteiger partial charge < -0.3 is 25.4 Å². The number of imidazole rings is 1. The molecule has 9 nitrogen and oxygen atoms in total. The number of nitrogen functional groups attached to an aromatic ring is 1. The van der Waals surface area contributed by atoms with Gasteiger partial charge in [-0.15, -0.1) is 11.8 Å². The molecule has 4 atom stereocenters. The molecule has 3 heterocycles. The van der Waals surface area contributed by atoms with Crippen molar-refractivity contribution in [2.45, 2.75) is 24.5 Å². The van der Waals surface area contributed by atoms with Crippen molar-refractivity contribution in [2.24, 2.45) is 0 Å². The fourth-order valence-corrected chi connectivity index (χ4v) is 2.77. The Bertz CT molecular complexity index is 653. The van der Waals surface area contributed by atoms with Gasteiger partial charge >= 0.3 is 0 Å². The van der Waals surface area contributed by atoms with Gasteiger partial charge in [-0.1, -0.05) is 0 Å². The van der Waals surface area contributed by atoms with Crippen LogP contribution in [0.3, 0.4) is 0 Å². The normalized spacial score (nSPS) is 28.5. The predicted octanol–water partition coefficient (Wildman–Crippen LogP) is -0.635. The van der Waals surface area contributed by atoms with Gasteiger partial charge in [0.1, 0.15) is 30.2 Å². The first kappa shape index (κ1) is 15.4. The van der Waals surface area contributed by atoms with Gasteiger partial charge in [0.15, 0.2) is 17.7 Å². The summed E-state index contributed by atoms with van der Waals surface area (Å²) in [5.41, 5.74) is 6.71. The number of rotatable bonds is 5. The van der Waals surface area contributed by atoms with Crippen molar-refractivity contribution in [1.29, 1.82) is 0 Å². The monoisotopic (exact) mass is 327 g/mol. The van der Waals surface area contributed by atoms with Crippen LogP contribution < -0.4 is 5.73 Å². The minimum absolute atomic E-state index is 0.266. The van der Waals surface area contributed by atoms with Crippen LogP contribution in [-0.2, 0) is 9.47 Å². The largest absolute Gasteiger partial charge is 0.394 e. The molecule has 0 unspecified atom stereocenters. The Balaban J connectivity index is 1.97. The molecular weight excluding hydrogens is 310 g/mol. The Kier molecular flexibility index (Phi) is 4.45. The molecule has 22 heavy (non-hydrogen) atoms.